The van der Waals surface area contributed by atoms with E-state index in [2.05, 4.69) is 11.8 Å². The molecule has 0 rings (SSSR count). The molecule has 0 N–H and O–H groups in total. The number of ether oxygens (including phenoxy) is 1. The van der Waals surface area contributed by atoms with E-state index in [1.165, 1.54) is 0 Å². The van der Waals surface area contributed by atoms with E-state index in [0.29, 0.717) is 0 Å². The van der Waals surface area contributed by atoms with Crippen molar-refractivity contribution in [2.75, 3.05) is 0 Å². The predicted molar refractivity (Wildman–Crippen MR) is 30.9 cm³/mol. The van der Waals surface area contributed by atoms with Gasteiger partial charge in [0, 0.05) is 0 Å². The summed E-state index contributed by atoms with van der Waals surface area (Å²) in [5, 5.41) is 0. The fourth-order valence-corrected chi connectivity index (χ4v) is 0.309. The van der Waals surface area contributed by atoms with E-state index < -0.39 is 0 Å². The summed E-state index contributed by atoms with van der Waals surface area (Å²) in [6.45, 7) is 3.75. The number of rotatable bonds is 2. The van der Waals surface area contributed by atoms with Crippen molar-refractivity contribution in [3.63, 3.8) is 0 Å². The number of esters is 1. The average molecular weight is 382 g/mol. The summed E-state index contributed by atoms with van der Waals surface area (Å²) >= 11 is 0. The molecule has 0 bridgehead atoms. The zero-order valence-electron chi connectivity index (χ0n) is 6.02. The van der Waals surface area contributed by atoms with Crippen molar-refractivity contribution in [3.8, 4) is 0 Å². The number of hydrogen-bond donors (Lipinski definition) is 0. The van der Waals surface area contributed by atoms with Crippen LogP contribution >= 0.6 is 0 Å². The van der Waals surface area contributed by atoms with Gasteiger partial charge in [-0.2, -0.15) is 7.11 Å². The van der Waals surface area contributed by atoms with Crippen LogP contribution in [0.25, 0.3) is 0 Å². The third kappa shape index (κ3) is 3.09. The Morgan fingerprint density at radius 2 is 2.22 bits per heavy atom. The van der Waals surface area contributed by atoms with Gasteiger partial charge in [-0.15, -0.1) is 0 Å². The topological polar surface area (TPSA) is 26.3 Å². The fraction of sp³-hybridized carbons (Fsp3) is 0.667. The zero-order chi connectivity index (χ0) is 6.57. The Kier molecular flexibility index (Phi) is 5.37. The van der Waals surface area contributed by atoms with Gasteiger partial charge in [0.25, 0.3) is 5.97 Å². The van der Waals surface area contributed by atoms with E-state index in [1.807, 2.05) is 13.8 Å². The minimum Gasteiger partial charge on any atom is -0.640 e. The molecular formula is C6H11O2Rf-. The molecule has 0 aromatic carbocycles. The van der Waals surface area contributed by atoms with Gasteiger partial charge in [0.1, 0.15) is 0 Å². The molecule has 0 aromatic rings. The van der Waals surface area contributed by atoms with E-state index in [1.54, 1.807) is 0 Å². The van der Waals surface area contributed by atoms with Gasteiger partial charge in [-0.3, -0.25) is 4.79 Å². The third-order valence-electron chi connectivity index (χ3n) is 1.16. The summed E-state index contributed by atoms with van der Waals surface area (Å²) in [7, 11) is 3.01. The number of carbonyl (C=O) groups is 1. The third-order valence-corrected chi connectivity index (χ3v) is 1.16. The van der Waals surface area contributed by atoms with Gasteiger partial charge in [-0.1, -0.05) is 13.8 Å². The Bertz CT molecular complexity index is 83.1. The first-order chi connectivity index (χ1) is 3.72. The van der Waals surface area contributed by atoms with Gasteiger partial charge >= 0.3 is 0 Å². The smallest absolute Gasteiger partial charge is 0.277 e. The molecule has 50 valence electrons. The van der Waals surface area contributed by atoms with Crippen LogP contribution in [0.4, 0.5) is 0 Å². The minimum absolute atomic E-state index is 0. The Balaban J connectivity index is 0. The van der Waals surface area contributed by atoms with Crippen LogP contribution in [0.1, 0.15) is 20.3 Å². The van der Waals surface area contributed by atoms with Crippen molar-refractivity contribution >= 4 is 5.97 Å². The van der Waals surface area contributed by atoms with Crippen LogP contribution in [0.15, 0.2) is 0 Å². The molecule has 1 unspecified atom stereocenters. The molecule has 0 heterocycles. The van der Waals surface area contributed by atoms with Crippen LogP contribution in [-0.2, 0) is 9.53 Å². The number of hydrogen-bond acceptors (Lipinski definition) is 2. The number of carbonyl (C=O) groups excluding carboxylic acids is 1. The predicted octanol–water partition coefficient (Wildman–Crippen LogP) is 1.37. The zero-order valence-corrected chi connectivity index (χ0v) is 12.4. The maximum absolute atomic E-state index is 10.5. The van der Waals surface area contributed by atoms with Crippen LogP contribution in [0.5, 0.6) is 0 Å². The standard InChI is InChI=1S/C6H11O2.Rf/c1-4-5(2)6(7)8-3;/h5H,3-4H2,1-2H3;/q-1;. The molecule has 0 amide bonds. The molecule has 0 saturated carbocycles. The van der Waals surface area contributed by atoms with Crippen molar-refractivity contribution in [1.29, 1.82) is 0 Å². The second-order valence-corrected chi connectivity index (χ2v) is 1.77. The van der Waals surface area contributed by atoms with Crippen LogP contribution in [0.3, 0.4) is 0 Å². The Labute approximate surface area is 49.8 Å². The molecule has 3 heteroatoms. The molecule has 9 heavy (non-hydrogen) atoms. The average Bonchev–Trinajstić information content (AvgIpc) is 1.84. The van der Waals surface area contributed by atoms with Gasteiger partial charge in [-0.25, -0.2) is 0 Å². The van der Waals surface area contributed by atoms with E-state index >= 15 is 0 Å². The minimum atomic E-state index is -0.229. The molecule has 0 aliphatic heterocycles. The summed E-state index contributed by atoms with van der Waals surface area (Å²) in [6.07, 6.45) is 0.814. The first kappa shape index (κ1) is 10.5. The van der Waals surface area contributed by atoms with Crippen LogP contribution in [0.2, 0.25) is 0 Å². The molecule has 0 spiro atoms. The molecule has 0 aliphatic rings. The Hall–Kier alpha value is -1.53. The summed E-state index contributed by atoms with van der Waals surface area (Å²) in [5.41, 5.74) is 0. The van der Waals surface area contributed by atoms with E-state index in [0.717, 1.165) is 6.42 Å². The molecule has 0 aromatic heterocycles. The molecule has 0 aliphatic carbocycles. The Morgan fingerprint density at radius 1 is 1.78 bits per heavy atom. The largest absolute Gasteiger partial charge is 0.640 e. The molecular weight excluding hydrogens is 371 g/mol. The maximum atomic E-state index is 10.5. The quantitative estimate of drug-likeness (QED) is 0.533. The molecule has 1 atom stereocenters. The first-order valence-electron chi connectivity index (χ1n) is 2.68. The second kappa shape index (κ2) is 4.62. The van der Waals surface area contributed by atoms with E-state index in [4.69, 9.17) is 0 Å². The van der Waals surface area contributed by atoms with E-state index in [9.17, 15) is 4.79 Å². The van der Waals surface area contributed by atoms with Gasteiger partial charge in [-0.05, 0) is 6.42 Å². The second-order valence-electron chi connectivity index (χ2n) is 1.77. The molecule has 2 nitrogen and oxygen atoms in total. The molecule has 0 saturated heterocycles. The van der Waals surface area contributed by atoms with Gasteiger partial charge in [0.2, 0.25) is 0 Å². The van der Waals surface area contributed by atoms with Gasteiger partial charge < -0.3 is 4.74 Å². The van der Waals surface area contributed by atoms with E-state index in [-0.39, 0.29) is 11.9 Å². The normalized spacial score (nSPS) is 11.4. The monoisotopic (exact) mass is 382 g/mol. The maximum Gasteiger partial charge on any atom is 0.277 e. The van der Waals surface area contributed by atoms with Crippen molar-refractivity contribution < 1.29 is 9.53 Å². The SMILES string of the molecule is [CH2-]OC(=O)C(C)CC.[Rf]. The van der Waals surface area contributed by atoms with Crippen LogP contribution < -0.4 is 0 Å². The summed E-state index contributed by atoms with van der Waals surface area (Å²) in [4.78, 5) is 10.5. The van der Waals surface area contributed by atoms with Crippen molar-refractivity contribution in [2.24, 2.45) is 5.92 Å². The van der Waals surface area contributed by atoms with Crippen molar-refractivity contribution in [1.82, 2.24) is 0 Å². The fourth-order valence-electron chi connectivity index (χ4n) is 0.309. The Morgan fingerprint density at radius 3 is 2.33 bits per heavy atom. The molecule has 0 radical (unpaired) electrons. The van der Waals surface area contributed by atoms with Gasteiger partial charge in [0.05, 0.1) is 5.92 Å². The summed E-state index contributed by atoms with van der Waals surface area (Å²) < 4.78 is 4.21. The molecule has 0 fully saturated rings. The van der Waals surface area contributed by atoms with Crippen LogP contribution in [0, 0.1) is 13.0 Å². The van der Waals surface area contributed by atoms with Crippen molar-refractivity contribution in [3.05, 3.63) is 7.11 Å². The van der Waals surface area contributed by atoms with Gasteiger partial charge in [0.15, 0.2) is 0 Å². The van der Waals surface area contributed by atoms with Crippen molar-refractivity contribution in [2.45, 2.75) is 20.3 Å². The first-order valence-corrected chi connectivity index (χ1v) is 2.68. The van der Waals surface area contributed by atoms with Crippen LogP contribution in [-0.4, -0.2) is 5.97 Å². The summed E-state index contributed by atoms with van der Waals surface area (Å²) in [6, 6.07) is 0. The summed E-state index contributed by atoms with van der Waals surface area (Å²) in [5.74, 6) is -0.236.